The van der Waals surface area contributed by atoms with Crippen LogP contribution in [0.2, 0.25) is 18.1 Å². The van der Waals surface area contributed by atoms with Crippen molar-refractivity contribution in [1.82, 2.24) is 0 Å². The molecule has 0 fully saturated rings. The number of hydrogen-bond acceptors (Lipinski definition) is 3. The minimum absolute atomic E-state index is 0.134. The molecule has 0 unspecified atom stereocenters. The largest absolute Gasteiger partial charge is 0.469 e. The lowest BCUT2D eigenvalue weighted by Gasteiger charge is -2.36. The molecule has 0 aliphatic rings. The van der Waals surface area contributed by atoms with Crippen molar-refractivity contribution in [1.29, 1.82) is 0 Å². The molecule has 0 saturated carbocycles. The predicted octanol–water partition coefficient (Wildman–Crippen LogP) is 3.60. The monoisotopic (exact) mass is 260 g/mol. The molecule has 0 aromatic rings. The van der Waals surface area contributed by atoms with Gasteiger partial charge in [-0.25, -0.2) is 0 Å². The second-order valence-electron chi connectivity index (χ2n) is 6.28. The van der Waals surface area contributed by atoms with Crippen molar-refractivity contribution in [2.45, 2.75) is 58.7 Å². The van der Waals surface area contributed by atoms with E-state index in [2.05, 4.69) is 45.5 Å². The van der Waals surface area contributed by atoms with E-state index >= 15 is 0 Å². The Balaban J connectivity index is 3.95. The quantitative estimate of drug-likeness (QED) is 0.541. The number of esters is 1. The molecule has 0 heterocycles. The molecule has 0 bridgehead atoms. The lowest BCUT2D eigenvalue weighted by molar-refractivity contribution is -0.141. The third-order valence-electron chi connectivity index (χ3n) is 3.62. The smallest absolute Gasteiger partial charge is 0.305 e. The van der Waals surface area contributed by atoms with Gasteiger partial charge in [-0.2, -0.15) is 0 Å². The molecular weight excluding hydrogens is 232 g/mol. The van der Waals surface area contributed by atoms with Crippen molar-refractivity contribution < 1.29 is 14.0 Å². The van der Waals surface area contributed by atoms with Crippen LogP contribution in [-0.2, 0) is 14.0 Å². The van der Waals surface area contributed by atoms with Crippen LogP contribution in [0.25, 0.3) is 0 Å². The molecule has 0 aromatic carbocycles. The van der Waals surface area contributed by atoms with E-state index in [1.807, 2.05) is 0 Å². The fourth-order valence-corrected chi connectivity index (χ4v) is 2.26. The zero-order valence-corrected chi connectivity index (χ0v) is 13.4. The second-order valence-corrected chi connectivity index (χ2v) is 11.1. The highest BCUT2D eigenvalue weighted by Gasteiger charge is 2.36. The summed E-state index contributed by atoms with van der Waals surface area (Å²) >= 11 is 0. The minimum Gasteiger partial charge on any atom is -0.469 e. The number of carbonyl (C=O) groups is 1. The van der Waals surface area contributed by atoms with Gasteiger partial charge in [-0.3, -0.25) is 4.79 Å². The summed E-state index contributed by atoms with van der Waals surface area (Å²) in [5.74, 6) is 0.192. The third kappa shape index (κ3) is 6.22. The van der Waals surface area contributed by atoms with Gasteiger partial charge in [0.1, 0.15) is 0 Å². The molecule has 0 amide bonds. The average Bonchev–Trinajstić information content (AvgIpc) is 2.15. The maximum atomic E-state index is 11.1. The van der Waals surface area contributed by atoms with Crippen molar-refractivity contribution in [3.8, 4) is 0 Å². The van der Waals surface area contributed by atoms with Gasteiger partial charge in [0.15, 0.2) is 8.32 Å². The second kappa shape index (κ2) is 6.54. The van der Waals surface area contributed by atoms with Crippen molar-refractivity contribution in [2.24, 2.45) is 5.92 Å². The molecule has 0 N–H and O–H groups in total. The summed E-state index contributed by atoms with van der Waals surface area (Å²) in [7, 11) is -0.204. The molecule has 3 nitrogen and oxygen atoms in total. The molecule has 1 atom stereocenters. The van der Waals surface area contributed by atoms with Crippen LogP contribution in [0.4, 0.5) is 0 Å². The fourth-order valence-electron chi connectivity index (χ4n) is 1.20. The van der Waals surface area contributed by atoms with Gasteiger partial charge in [-0.05, 0) is 30.5 Å². The Labute approximate surface area is 107 Å². The summed E-state index contributed by atoms with van der Waals surface area (Å²) in [6, 6.07) is 0. The summed E-state index contributed by atoms with van der Waals surface area (Å²) in [5, 5.41) is 0.249. The SMILES string of the molecule is COC(=O)C[C@H](C)CCO[Si](C)(C)C(C)(C)C. The average molecular weight is 260 g/mol. The summed E-state index contributed by atoms with van der Waals surface area (Å²) < 4.78 is 10.7. The van der Waals surface area contributed by atoms with Crippen molar-refractivity contribution in [2.75, 3.05) is 13.7 Å². The van der Waals surface area contributed by atoms with Crippen LogP contribution >= 0.6 is 0 Å². The van der Waals surface area contributed by atoms with Crippen LogP contribution in [0.5, 0.6) is 0 Å². The van der Waals surface area contributed by atoms with Crippen molar-refractivity contribution in [3.63, 3.8) is 0 Å². The first-order valence-corrected chi connectivity index (χ1v) is 9.21. The van der Waals surface area contributed by atoms with Crippen LogP contribution in [0, 0.1) is 5.92 Å². The first-order chi connectivity index (χ1) is 7.60. The van der Waals surface area contributed by atoms with Gasteiger partial charge in [0.2, 0.25) is 0 Å². The van der Waals surface area contributed by atoms with Crippen LogP contribution < -0.4 is 0 Å². The molecule has 17 heavy (non-hydrogen) atoms. The maximum absolute atomic E-state index is 11.1. The van der Waals surface area contributed by atoms with E-state index in [1.54, 1.807) is 0 Å². The Morgan fingerprint density at radius 1 is 1.29 bits per heavy atom. The Hall–Kier alpha value is -0.353. The molecule has 0 aliphatic carbocycles. The van der Waals surface area contributed by atoms with Crippen LogP contribution in [0.15, 0.2) is 0 Å². The third-order valence-corrected chi connectivity index (χ3v) is 8.16. The molecule has 0 saturated heterocycles. The fraction of sp³-hybridized carbons (Fsp3) is 0.923. The molecular formula is C13H28O3Si. The van der Waals surface area contributed by atoms with Gasteiger partial charge in [0.05, 0.1) is 7.11 Å². The van der Waals surface area contributed by atoms with Gasteiger partial charge in [-0.15, -0.1) is 0 Å². The molecule has 0 radical (unpaired) electrons. The topological polar surface area (TPSA) is 35.5 Å². The van der Waals surface area contributed by atoms with Crippen LogP contribution in [0.1, 0.15) is 40.5 Å². The zero-order valence-electron chi connectivity index (χ0n) is 12.4. The maximum Gasteiger partial charge on any atom is 0.305 e. The van der Waals surface area contributed by atoms with Gasteiger partial charge >= 0.3 is 5.97 Å². The van der Waals surface area contributed by atoms with Gasteiger partial charge < -0.3 is 9.16 Å². The Morgan fingerprint density at radius 2 is 1.82 bits per heavy atom. The predicted molar refractivity (Wildman–Crippen MR) is 73.6 cm³/mol. The molecule has 0 rings (SSSR count). The Bertz CT molecular complexity index is 244. The van der Waals surface area contributed by atoms with E-state index in [1.165, 1.54) is 7.11 Å². The lowest BCUT2D eigenvalue weighted by Crippen LogP contribution is -2.41. The van der Waals surface area contributed by atoms with E-state index in [0.717, 1.165) is 13.0 Å². The van der Waals surface area contributed by atoms with E-state index < -0.39 is 8.32 Å². The molecule has 4 heteroatoms. The number of ether oxygens (including phenoxy) is 1. The summed E-state index contributed by atoms with van der Waals surface area (Å²) in [6.07, 6.45) is 1.40. The summed E-state index contributed by atoms with van der Waals surface area (Å²) in [4.78, 5) is 11.1. The molecule has 0 aliphatic heterocycles. The molecule has 102 valence electrons. The summed E-state index contributed by atoms with van der Waals surface area (Å²) in [6.45, 7) is 14.0. The van der Waals surface area contributed by atoms with E-state index in [-0.39, 0.29) is 11.0 Å². The van der Waals surface area contributed by atoms with E-state index in [0.29, 0.717) is 12.3 Å². The number of methoxy groups -OCH3 is 1. The standard InChI is InChI=1S/C13H28O3Si/c1-11(10-12(14)15-5)8-9-16-17(6,7)13(2,3)4/h11H,8-10H2,1-7H3/t11-/m1/s1. The zero-order chi connectivity index (χ0) is 13.7. The lowest BCUT2D eigenvalue weighted by atomic mass is 10.1. The van der Waals surface area contributed by atoms with E-state index in [4.69, 9.17) is 4.43 Å². The van der Waals surface area contributed by atoms with Crippen LogP contribution in [-0.4, -0.2) is 28.0 Å². The van der Waals surface area contributed by atoms with Crippen molar-refractivity contribution >= 4 is 14.3 Å². The highest BCUT2D eigenvalue weighted by molar-refractivity contribution is 6.74. The summed E-state index contributed by atoms with van der Waals surface area (Å²) in [5.41, 5.74) is 0. The van der Waals surface area contributed by atoms with Gasteiger partial charge in [0.25, 0.3) is 0 Å². The highest BCUT2D eigenvalue weighted by atomic mass is 28.4. The van der Waals surface area contributed by atoms with Crippen molar-refractivity contribution in [3.05, 3.63) is 0 Å². The van der Waals surface area contributed by atoms with Gasteiger partial charge in [-0.1, -0.05) is 27.7 Å². The Kier molecular flexibility index (Phi) is 6.41. The number of rotatable bonds is 6. The first kappa shape index (κ1) is 16.6. The Morgan fingerprint density at radius 3 is 2.24 bits per heavy atom. The number of carbonyl (C=O) groups excluding carboxylic acids is 1. The highest BCUT2D eigenvalue weighted by Crippen LogP contribution is 2.36. The van der Waals surface area contributed by atoms with Gasteiger partial charge in [0, 0.05) is 13.0 Å². The minimum atomic E-state index is -1.64. The normalized spacial score (nSPS) is 14.5. The molecule has 0 aromatic heterocycles. The van der Waals surface area contributed by atoms with Crippen LogP contribution in [0.3, 0.4) is 0 Å². The van der Waals surface area contributed by atoms with E-state index in [9.17, 15) is 4.79 Å². The number of hydrogen-bond donors (Lipinski definition) is 0. The molecule has 0 spiro atoms. The first-order valence-electron chi connectivity index (χ1n) is 6.31.